The molecule has 1 fully saturated rings. The van der Waals surface area contributed by atoms with E-state index in [1.807, 2.05) is 0 Å². The van der Waals surface area contributed by atoms with Gasteiger partial charge in [0.1, 0.15) is 4.90 Å². The van der Waals surface area contributed by atoms with Gasteiger partial charge in [-0.2, -0.15) is 0 Å². The van der Waals surface area contributed by atoms with Crippen LogP contribution in [0.3, 0.4) is 0 Å². The van der Waals surface area contributed by atoms with Gasteiger partial charge in [-0.25, -0.2) is 13.1 Å². The molecule has 5 nitrogen and oxygen atoms in total. The van der Waals surface area contributed by atoms with Crippen LogP contribution < -0.4 is 10.5 Å². The summed E-state index contributed by atoms with van der Waals surface area (Å²) in [7, 11) is -3.73. The smallest absolute Gasteiger partial charge is 0.243 e. The molecule has 1 aromatic carbocycles. The van der Waals surface area contributed by atoms with Crippen molar-refractivity contribution in [2.24, 2.45) is 0 Å². The predicted octanol–water partition coefficient (Wildman–Crippen LogP) is 1.47. The Morgan fingerprint density at radius 2 is 1.80 bits per heavy atom. The third-order valence-electron chi connectivity index (χ3n) is 4.09. The number of aliphatic hydroxyl groups is 1. The summed E-state index contributed by atoms with van der Waals surface area (Å²) in [6.07, 6.45) is 3.16. The van der Waals surface area contributed by atoms with E-state index in [-0.39, 0.29) is 17.2 Å². The number of aryl methyl sites for hydroxylation is 2. The average Bonchev–Trinajstić information content (AvgIpc) is 2.82. The first-order valence-corrected chi connectivity index (χ1v) is 8.30. The largest absolute Gasteiger partial charge is 0.397 e. The fraction of sp³-hybridized carbons (Fsp3) is 0.571. The van der Waals surface area contributed by atoms with Crippen LogP contribution >= 0.6 is 0 Å². The fourth-order valence-electron chi connectivity index (χ4n) is 2.84. The molecule has 0 saturated heterocycles. The number of hydrogen-bond donors (Lipinski definition) is 3. The number of aliphatic hydroxyl groups excluding tert-OH is 1. The van der Waals surface area contributed by atoms with E-state index < -0.39 is 15.6 Å². The van der Waals surface area contributed by atoms with Gasteiger partial charge in [0.05, 0.1) is 17.8 Å². The lowest BCUT2D eigenvalue weighted by atomic mass is 10.0. The minimum atomic E-state index is -3.73. The average molecular weight is 298 g/mol. The minimum Gasteiger partial charge on any atom is -0.397 e. The van der Waals surface area contributed by atoms with Crippen LogP contribution in [-0.2, 0) is 10.0 Å². The zero-order valence-corrected chi connectivity index (χ0v) is 12.8. The standard InChI is InChI=1S/C14H22N2O3S/c1-10-5-6-11(2)13(12(10)15)20(18,19)16-14(9-17)7-3-4-8-14/h5-6,16-17H,3-4,7-9,15H2,1-2H3. The molecule has 112 valence electrons. The second-order valence-corrected chi connectivity index (χ2v) is 7.31. The quantitative estimate of drug-likeness (QED) is 0.734. The molecular formula is C14H22N2O3S. The zero-order valence-electron chi connectivity index (χ0n) is 11.9. The number of benzene rings is 1. The minimum absolute atomic E-state index is 0.136. The molecule has 0 amide bonds. The first-order chi connectivity index (χ1) is 9.31. The molecule has 1 aliphatic rings. The van der Waals surface area contributed by atoms with E-state index in [2.05, 4.69) is 4.72 Å². The van der Waals surface area contributed by atoms with Crippen LogP contribution in [0.4, 0.5) is 5.69 Å². The second kappa shape index (κ2) is 5.35. The highest BCUT2D eigenvalue weighted by Gasteiger charge is 2.38. The Balaban J connectivity index is 2.43. The normalized spacial score (nSPS) is 18.4. The Hall–Kier alpha value is -1.11. The summed E-state index contributed by atoms with van der Waals surface area (Å²) in [5.41, 5.74) is 6.85. The highest BCUT2D eigenvalue weighted by Crippen LogP contribution is 2.33. The molecule has 0 bridgehead atoms. The molecular weight excluding hydrogens is 276 g/mol. The Labute approximate surface area is 120 Å². The van der Waals surface area contributed by atoms with E-state index in [1.165, 1.54) is 0 Å². The monoisotopic (exact) mass is 298 g/mol. The lowest BCUT2D eigenvalue weighted by molar-refractivity contribution is 0.185. The Morgan fingerprint density at radius 3 is 2.35 bits per heavy atom. The van der Waals surface area contributed by atoms with Crippen LogP contribution in [0.15, 0.2) is 17.0 Å². The van der Waals surface area contributed by atoms with E-state index in [1.54, 1.807) is 26.0 Å². The molecule has 0 unspecified atom stereocenters. The van der Waals surface area contributed by atoms with E-state index in [0.29, 0.717) is 18.4 Å². The number of nitrogens with one attached hydrogen (secondary N) is 1. The van der Waals surface area contributed by atoms with Crippen molar-refractivity contribution in [3.63, 3.8) is 0 Å². The number of nitrogens with two attached hydrogens (primary N) is 1. The first kappa shape index (κ1) is 15.3. The van der Waals surface area contributed by atoms with Crippen molar-refractivity contribution in [1.82, 2.24) is 4.72 Å². The molecule has 0 aromatic heterocycles. The van der Waals surface area contributed by atoms with Gasteiger partial charge in [-0.1, -0.05) is 25.0 Å². The number of rotatable bonds is 4. The molecule has 0 aliphatic heterocycles. The third-order valence-corrected chi connectivity index (χ3v) is 5.87. The number of nitrogen functional groups attached to an aromatic ring is 1. The molecule has 2 rings (SSSR count). The molecule has 1 aliphatic carbocycles. The van der Waals surface area contributed by atoms with Crippen molar-refractivity contribution < 1.29 is 13.5 Å². The van der Waals surface area contributed by atoms with Gasteiger partial charge in [-0.05, 0) is 37.8 Å². The Morgan fingerprint density at radius 1 is 1.25 bits per heavy atom. The van der Waals surface area contributed by atoms with Crippen LogP contribution in [0.25, 0.3) is 0 Å². The van der Waals surface area contributed by atoms with Crippen molar-refractivity contribution in [3.05, 3.63) is 23.3 Å². The molecule has 0 heterocycles. The van der Waals surface area contributed by atoms with E-state index >= 15 is 0 Å². The van der Waals surface area contributed by atoms with Crippen molar-refractivity contribution in [2.75, 3.05) is 12.3 Å². The van der Waals surface area contributed by atoms with Gasteiger partial charge >= 0.3 is 0 Å². The number of sulfonamides is 1. The van der Waals surface area contributed by atoms with E-state index in [9.17, 15) is 13.5 Å². The molecule has 6 heteroatoms. The lowest BCUT2D eigenvalue weighted by Crippen LogP contribution is -2.49. The van der Waals surface area contributed by atoms with Crippen LogP contribution in [0, 0.1) is 13.8 Å². The number of hydrogen-bond acceptors (Lipinski definition) is 4. The maximum absolute atomic E-state index is 12.6. The maximum atomic E-state index is 12.6. The van der Waals surface area contributed by atoms with Crippen molar-refractivity contribution in [2.45, 2.75) is 50.0 Å². The van der Waals surface area contributed by atoms with Crippen LogP contribution in [0.2, 0.25) is 0 Å². The summed E-state index contributed by atoms with van der Waals surface area (Å²) >= 11 is 0. The highest BCUT2D eigenvalue weighted by atomic mass is 32.2. The number of anilines is 1. The lowest BCUT2D eigenvalue weighted by Gasteiger charge is -2.28. The van der Waals surface area contributed by atoms with Gasteiger partial charge in [-0.3, -0.25) is 0 Å². The van der Waals surface area contributed by atoms with Crippen molar-refractivity contribution >= 4 is 15.7 Å². The van der Waals surface area contributed by atoms with Gasteiger partial charge in [0.15, 0.2) is 0 Å². The van der Waals surface area contributed by atoms with Gasteiger partial charge in [-0.15, -0.1) is 0 Å². The van der Waals surface area contributed by atoms with Crippen molar-refractivity contribution in [1.29, 1.82) is 0 Å². The third kappa shape index (κ3) is 2.68. The fourth-order valence-corrected chi connectivity index (χ4v) is 4.73. The Bertz CT molecular complexity index is 605. The topological polar surface area (TPSA) is 92.4 Å². The molecule has 0 spiro atoms. The summed E-state index contributed by atoms with van der Waals surface area (Å²) < 4.78 is 28.0. The molecule has 0 atom stereocenters. The van der Waals surface area contributed by atoms with E-state index in [0.717, 1.165) is 18.4 Å². The second-order valence-electron chi connectivity index (χ2n) is 5.69. The van der Waals surface area contributed by atoms with Gasteiger partial charge < -0.3 is 10.8 Å². The van der Waals surface area contributed by atoms with Crippen molar-refractivity contribution in [3.8, 4) is 0 Å². The zero-order chi connectivity index (χ0) is 15.0. The highest BCUT2D eigenvalue weighted by molar-refractivity contribution is 7.89. The van der Waals surface area contributed by atoms with Crippen LogP contribution in [0.5, 0.6) is 0 Å². The summed E-state index contributed by atoms with van der Waals surface area (Å²) in [4.78, 5) is 0.136. The van der Waals surface area contributed by atoms with E-state index in [4.69, 9.17) is 5.73 Å². The summed E-state index contributed by atoms with van der Waals surface area (Å²) in [6.45, 7) is 3.33. The van der Waals surface area contributed by atoms with Gasteiger partial charge in [0.2, 0.25) is 10.0 Å². The predicted molar refractivity (Wildman–Crippen MR) is 78.9 cm³/mol. The van der Waals surface area contributed by atoms with Gasteiger partial charge in [0, 0.05) is 0 Å². The molecule has 1 aromatic rings. The molecule has 20 heavy (non-hydrogen) atoms. The van der Waals surface area contributed by atoms with Gasteiger partial charge in [0.25, 0.3) is 0 Å². The van der Waals surface area contributed by atoms with Crippen LogP contribution in [-0.4, -0.2) is 25.7 Å². The molecule has 4 N–H and O–H groups in total. The summed E-state index contributed by atoms with van der Waals surface area (Å²) in [6, 6.07) is 3.56. The maximum Gasteiger partial charge on any atom is 0.243 e. The summed E-state index contributed by atoms with van der Waals surface area (Å²) in [5.74, 6) is 0. The van der Waals surface area contributed by atoms with Crippen LogP contribution in [0.1, 0.15) is 36.8 Å². The molecule has 1 saturated carbocycles. The SMILES string of the molecule is Cc1ccc(C)c(S(=O)(=O)NC2(CO)CCCC2)c1N. The molecule has 0 radical (unpaired) electrons. The first-order valence-electron chi connectivity index (χ1n) is 6.82. The summed E-state index contributed by atoms with van der Waals surface area (Å²) in [5, 5.41) is 9.56. The Kier molecular flexibility index (Phi) is 4.09.